The summed E-state index contributed by atoms with van der Waals surface area (Å²) in [6.07, 6.45) is 0. The maximum atomic E-state index is 11.8. The van der Waals surface area contributed by atoms with Crippen LogP contribution in [0.5, 0.6) is 0 Å². The van der Waals surface area contributed by atoms with Gasteiger partial charge in [-0.2, -0.15) is 0 Å². The number of benzene rings is 2. The topological polar surface area (TPSA) is 50.4 Å². The predicted molar refractivity (Wildman–Crippen MR) is 114 cm³/mol. The SMILES string of the molecule is COC(=O)c1sc2cc(NC(=S)Nc3ccc(Cl)c(Cl)c3)ccc2c1Cl. The van der Waals surface area contributed by atoms with Gasteiger partial charge in [-0.1, -0.05) is 34.8 Å². The first-order chi connectivity index (χ1) is 12.4. The fourth-order valence-corrected chi connectivity index (χ4v) is 4.23. The van der Waals surface area contributed by atoms with Gasteiger partial charge in [0.2, 0.25) is 0 Å². The van der Waals surface area contributed by atoms with Crippen LogP contribution in [0.4, 0.5) is 11.4 Å². The molecular formula is C17H11Cl3N2O2S2. The normalized spacial score (nSPS) is 10.6. The minimum absolute atomic E-state index is 0.373. The van der Waals surface area contributed by atoms with Gasteiger partial charge in [0, 0.05) is 21.5 Å². The minimum Gasteiger partial charge on any atom is -0.465 e. The number of rotatable bonds is 3. The summed E-state index contributed by atoms with van der Waals surface area (Å²) in [5.74, 6) is -0.456. The van der Waals surface area contributed by atoms with Crippen molar-refractivity contribution in [3.05, 3.63) is 56.3 Å². The van der Waals surface area contributed by atoms with Gasteiger partial charge in [-0.3, -0.25) is 0 Å². The number of methoxy groups -OCH3 is 1. The first-order valence-corrected chi connectivity index (χ1v) is 9.58. The van der Waals surface area contributed by atoms with Crippen LogP contribution < -0.4 is 10.6 Å². The molecule has 0 amide bonds. The molecule has 0 atom stereocenters. The van der Waals surface area contributed by atoms with E-state index < -0.39 is 5.97 Å². The number of thiophene rings is 1. The van der Waals surface area contributed by atoms with Crippen LogP contribution in [-0.4, -0.2) is 18.2 Å². The van der Waals surface area contributed by atoms with Gasteiger partial charge in [-0.05, 0) is 48.6 Å². The maximum absolute atomic E-state index is 11.8. The van der Waals surface area contributed by atoms with Gasteiger partial charge in [0.15, 0.2) is 5.11 Å². The van der Waals surface area contributed by atoms with Crippen molar-refractivity contribution < 1.29 is 9.53 Å². The van der Waals surface area contributed by atoms with Gasteiger partial charge in [-0.25, -0.2) is 4.79 Å². The van der Waals surface area contributed by atoms with E-state index in [0.29, 0.717) is 30.7 Å². The molecule has 2 N–H and O–H groups in total. The Kier molecular flexibility index (Phi) is 5.89. The molecule has 1 aromatic heterocycles. The molecule has 2 aromatic carbocycles. The lowest BCUT2D eigenvalue weighted by molar-refractivity contribution is 0.0606. The predicted octanol–water partition coefficient (Wildman–Crippen LogP) is 6.46. The average Bonchev–Trinajstić information content (AvgIpc) is 2.93. The monoisotopic (exact) mass is 444 g/mol. The molecule has 26 heavy (non-hydrogen) atoms. The lowest BCUT2D eigenvalue weighted by atomic mass is 10.2. The van der Waals surface area contributed by atoms with E-state index in [-0.39, 0.29) is 0 Å². The Bertz CT molecular complexity index is 1020. The fourth-order valence-electron chi connectivity index (χ4n) is 2.23. The second-order valence-electron chi connectivity index (χ2n) is 5.16. The lowest BCUT2D eigenvalue weighted by Crippen LogP contribution is -2.18. The molecule has 0 radical (unpaired) electrons. The summed E-state index contributed by atoms with van der Waals surface area (Å²) < 4.78 is 5.59. The summed E-state index contributed by atoms with van der Waals surface area (Å²) >= 11 is 24.7. The van der Waals surface area contributed by atoms with Crippen molar-refractivity contribution in [2.75, 3.05) is 17.7 Å². The van der Waals surface area contributed by atoms with Crippen LogP contribution >= 0.6 is 58.4 Å². The zero-order chi connectivity index (χ0) is 18.8. The van der Waals surface area contributed by atoms with E-state index in [9.17, 15) is 4.79 Å². The van der Waals surface area contributed by atoms with E-state index in [1.807, 2.05) is 18.2 Å². The number of thiocarbonyl (C=S) groups is 1. The summed E-state index contributed by atoms with van der Waals surface area (Å²) in [6.45, 7) is 0. The minimum atomic E-state index is -0.456. The Labute approximate surface area is 174 Å². The van der Waals surface area contributed by atoms with Gasteiger partial charge in [0.1, 0.15) is 4.88 Å². The number of esters is 1. The lowest BCUT2D eigenvalue weighted by Gasteiger charge is -2.11. The third-order valence-electron chi connectivity index (χ3n) is 3.44. The van der Waals surface area contributed by atoms with Crippen LogP contribution in [0.1, 0.15) is 9.67 Å². The summed E-state index contributed by atoms with van der Waals surface area (Å²) in [4.78, 5) is 12.1. The van der Waals surface area contributed by atoms with Crippen LogP contribution in [0.2, 0.25) is 15.1 Å². The Hall–Kier alpha value is -1.57. The van der Waals surface area contributed by atoms with Crippen LogP contribution in [-0.2, 0) is 4.74 Å². The smallest absolute Gasteiger partial charge is 0.349 e. The van der Waals surface area contributed by atoms with Crippen molar-refractivity contribution in [3.63, 3.8) is 0 Å². The first-order valence-electron chi connectivity index (χ1n) is 7.22. The number of hydrogen-bond acceptors (Lipinski definition) is 4. The molecule has 3 aromatic rings. The van der Waals surface area contributed by atoms with E-state index >= 15 is 0 Å². The molecule has 0 fully saturated rings. The molecular weight excluding hydrogens is 435 g/mol. The number of anilines is 2. The number of hydrogen-bond donors (Lipinski definition) is 2. The van der Waals surface area contributed by atoms with Crippen molar-refractivity contribution in [1.29, 1.82) is 0 Å². The van der Waals surface area contributed by atoms with Crippen LogP contribution in [0.25, 0.3) is 10.1 Å². The summed E-state index contributed by atoms with van der Waals surface area (Å²) in [6, 6.07) is 10.6. The number of halogens is 3. The number of carbonyl (C=O) groups excluding carboxylic acids is 1. The van der Waals surface area contributed by atoms with Crippen molar-refractivity contribution in [2.45, 2.75) is 0 Å². The fraction of sp³-hybridized carbons (Fsp3) is 0.0588. The van der Waals surface area contributed by atoms with Gasteiger partial charge in [0.25, 0.3) is 0 Å². The summed E-state index contributed by atoms with van der Waals surface area (Å²) in [5, 5.41) is 8.58. The standard InChI is InChI=1S/C17H11Cl3N2O2S2/c1-24-16(23)15-14(20)10-4-2-9(7-13(10)26-15)22-17(25)21-8-3-5-11(18)12(19)6-8/h2-7H,1H3,(H2,21,22,25). The molecule has 4 nitrogen and oxygen atoms in total. The van der Waals surface area contributed by atoms with E-state index in [4.69, 9.17) is 51.8 Å². The summed E-state index contributed by atoms with van der Waals surface area (Å²) in [5.41, 5.74) is 1.47. The number of fused-ring (bicyclic) bond motifs is 1. The van der Waals surface area contributed by atoms with Crippen LogP contribution in [0.3, 0.4) is 0 Å². The zero-order valence-electron chi connectivity index (χ0n) is 13.2. The Morgan fingerprint density at radius 3 is 2.35 bits per heavy atom. The first kappa shape index (κ1) is 19.2. The molecule has 0 aliphatic heterocycles. The van der Waals surface area contributed by atoms with Gasteiger partial charge in [-0.15, -0.1) is 11.3 Å². The maximum Gasteiger partial charge on any atom is 0.349 e. The number of carbonyl (C=O) groups is 1. The largest absolute Gasteiger partial charge is 0.465 e. The molecule has 0 saturated heterocycles. The molecule has 1 heterocycles. The van der Waals surface area contributed by atoms with E-state index in [1.54, 1.807) is 18.2 Å². The Morgan fingerprint density at radius 2 is 1.69 bits per heavy atom. The van der Waals surface area contributed by atoms with E-state index in [0.717, 1.165) is 15.8 Å². The van der Waals surface area contributed by atoms with Crippen LogP contribution in [0.15, 0.2) is 36.4 Å². The molecule has 0 unspecified atom stereocenters. The second kappa shape index (κ2) is 7.98. The van der Waals surface area contributed by atoms with E-state index in [1.165, 1.54) is 18.4 Å². The van der Waals surface area contributed by atoms with Crippen molar-refractivity contribution in [2.24, 2.45) is 0 Å². The highest BCUT2D eigenvalue weighted by molar-refractivity contribution is 7.80. The molecule has 9 heteroatoms. The highest BCUT2D eigenvalue weighted by Gasteiger charge is 2.17. The number of ether oxygens (including phenoxy) is 1. The van der Waals surface area contributed by atoms with Crippen molar-refractivity contribution >= 4 is 90.9 Å². The second-order valence-corrected chi connectivity index (χ2v) is 7.81. The van der Waals surface area contributed by atoms with E-state index in [2.05, 4.69) is 10.6 Å². The van der Waals surface area contributed by atoms with Crippen LogP contribution in [0, 0.1) is 0 Å². The van der Waals surface area contributed by atoms with Crippen molar-refractivity contribution in [3.8, 4) is 0 Å². The highest BCUT2D eigenvalue weighted by atomic mass is 35.5. The molecule has 3 rings (SSSR count). The third-order valence-corrected chi connectivity index (χ3v) is 6.02. The summed E-state index contributed by atoms with van der Waals surface area (Å²) in [7, 11) is 1.32. The Balaban J connectivity index is 1.78. The average molecular weight is 446 g/mol. The van der Waals surface area contributed by atoms with Gasteiger partial charge in [0.05, 0.1) is 22.2 Å². The molecule has 0 spiro atoms. The number of nitrogens with one attached hydrogen (secondary N) is 2. The van der Waals surface area contributed by atoms with Gasteiger partial charge < -0.3 is 15.4 Å². The molecule has 0 bridgehead atoms. The Morgan fingerprint density at radius 1 is 1.04 bits per heavy atom. The van der Waals surface area contributed by atoms with Gasteiger partial charge >= 0.3 is 5.97 Å². The highest BCUT2D eigenvalue weighted by Crippen LogP contribution is 2.37. The zero-order valence-corrected chi connectivity index (χ0v) is 17.1. The molecule has 134 valence electrons. The third kappa shape index (κ3) is 4.05. The molecule has 0 saturated carbocycles. The quantitative estimate of drug-likeness (QED) is 0.358. The molecule has 0 aliphatic carbocycles. The molecule has 0 aliphatic rings. The van der Waals surface area contributed by atoms with Crippen molar-refractivity contribution in [1.82, 2.24) is 0 Å².